The topological polar surface area (TPSA) is 79.0 Å². The lowest BCUT2D eigenvalue weighted by atomic mass is 10.3. The lowest BCUT2D eigenvalue weighted by Crippen LogP contribution is -2.53. The van der Waals surface area contributed by atoms with E-state index in [0.29, 0.717) is 0 Å². The highest BCUT2D eigenvalue weighted by Gasteiger charge is 2.33. The van der Waals surface area contributed by atoms with Crippen molar-refractivity contribution in [1.82, 2.24) is 14.5 Å². The van der Waals surface area contributed by atoms with Crippen LogP contribution in [0.25, 0.3) is 0 Å². The van der Waals surface area contributed by atoms with E-state index in [-0.39, 0.29) is 43.1 Å². The molecule has 1 aromatic heterocycles. The maximum absolute atomic E-state index is 12.7. The summed E-state index contributed by atoms with van der Waals surface area (Å²) < 4.78 is 67.2. The molecule has 2 heterocycles. The van der Waals surface area contributed by atoms with E-state index >= 15 is 0 Å². The van der Waals surface area contributed by atoms with E-state index in [9.17, 15) is 26.4 Å². The summed E-state index contributed by atoms with van der Waals surface area (Å²) in [7, 11) is -3.89. The minimum absolute atomic E-state index is 0.0872. The van der Waals surface area contributed by atoms with Crippen LogP contribution in [0.4, 0.5) is 18.0 Å². The number of halogens is 3. The third-order valence-electron chi connectivity index (χ3n) is 4.53. The number of alkyl halides is 3. The SMILES string of the molecule is C[C@@H](NC(=O)N1CCN(S(=O)(=O)c2ccc(OC(F)(F)F)cc2)CC1)c1cccs1. The average Bonchev–Trinajstić information content (AvgIpc) is 3.22. The number of amides is 2. The molecule has 0 unspecified atom stereocenters. The Bertz CT molecular complexity index is 956. The molecule has 1 aliphatic heterocycles. The van der Waals surface area contributed by atoms with Gasteiger partial charge in [0, 0.05) is 31.1 Å². The van der Waals surface area contributed by atoms with E-state index in [0.717, 1.165) is 29.1 Å². The molecule has 1 N–H and O–H groups in total. The van der Waals surface area contributed by atoms with Gasteiger partial charge in [-0.15, -0.1) is 24.5 Å². The van der Waals surface area contributed by atoms with E-state index in [1.807, 2.05) is 24.4 Å². The molecule has 3 rings (SSSR count). The van der Waals surface area contributed by atoms with Crippen molar-refractivity contribution in [1.29, 1.82) is 0 Å². The first-order valence-electron chi connectivity index (χ1n) is 9.01. The highest BCUT2D eigenvalue weighted by Crippen LogP contribution is 2.25. The summed E-state index contributed by atoms with van der Waals surface area (Å²) in [4.78, 5) is 14.8. The Morgan fingerprint density at radius 1 is 1.13 bits per heavy atom. The van der Waals surface area contributed by atoms with Gasteiger partial charge in [0.25, 0.3) is 0 Å². The molecule has 0 bridgehead atoms. The highest BCUT2D eigenvalue weighted by atomic mass is 32.2. The first-order chi connectivity index (χ1) is 14.1. The van der Waals surface area contributed by atoms with Gasteiger partial charge in [-0.3, -0.25) is 0 Å². The van der Waals surface area contributed by atoms with Gasteiger partial charge in [-0.05, 0) is 42.6 Å². The molecule has 1 saturated heterocycles. The van der Waals surface area contributed by atoms with Gasteiger partial charge in [-0.2, -0.15) is 4.31 Å². The summed E-state index contributed by atoms with van der Waals surface area (Å²) in [6, 6.07) is 7.43. The van der Waals surface area contributed by atoms with Crippen LogP contribution in [0.2, 0.25) is 0 Å². The zero-order valence-electron chi connectivity index (χ0n) is 15.9. The number of thiophene rings is 1. The molecule has 12 heteroatoms. The van der Waals surface area contributed by atoms with Crippen molar-refractivity contribution in [3.8, 4) is 5.75 Å². The maximum atomic E-state index is 12.7. The van der Waals surface area contributed by atoms with E-state index in [1.54, 1.807) is 0 Å². The number of nitrogens with zero attached hydrogens (tertiary/aromatic N) is 2. The van der Waals surface area contributed by atoms with Gasteiger partial charge in [0.1, 0.15) is 5.75 Å². The Morgan fingerprint density at radius 2 is 1.77 bits per heavy atom. The number of rotatable bonds is 5. The van der Waals surface area contributed by atoms with Crippen molar-refractivity contribution >= 4 is 27.4 Å². The van der Waals surface area contributed by atoms with Gasteiger partial charge in [0.05, 0.1) is 10.9 Å². The predicted octanol–water partition coefficient (Wildman–Crippen LogP) is 3.42. The third kappa shape index (κ3) is 5.43. The molecule has 0 spiro atoms. The summed E-state index contributed by atoms with van der Waals surface area (Å²) in [6.07, 6.45) is -4.85. The molecule has 1 atom stereocenters. The molecule has 2 aromatic rings. The number of hydrogen-bond acceptors (Lipinski definition) is 5. The molecule has 0 radical (unpaired) electrons. The average molecular weight is 464 g/mol. The Labute approximate surface area is 176 Å². The molecule has 1 fully saturated rings. The first-order valence-corrected chi connectivity index (χ1v) is 11.3. The van der Waals surface area contributed by atoms with Crippen LogP contribution < -0.4 is 10.1 Å². The molecule has 164 valence electrons. The minimum atomic E-state index is -4.85. The number of urea groups is 1. The van der Waals surface area contributed by atoms with Crippen molar-refractivity contribution < 1.29 is 31.1 Å². The number of benzene rings is 1. The first kappa shape index (κ1) is 22.4. The van der Waals surface area contributed by atoms with Gasteiger partial charge in [-0.1, -0.05) is 6.07 Å². The number of piperazine rings is 1. The van der Waals surface area contributed by atoms with Crippen molar-refractivity contribution in [2.45, 2.75) is 24.2 Å². The second-order valence-corrected chi connectivity index (χ2v) is 9.51. The second-order valence-electron chi connectivity index (χ2n) is 6.60. The Kier molecular flexibility index (Phi) is 6.58. The lowest BCUT2D eigenvalue weighted by Gasteiger charge is -2.34. The standard InChI is InChI=1S/C18H20F3N3O4S2/c1-13(16-3-2-12-29-16)22-17(25)23-8-10-24(11-9-23)30(26,27)15-6-4-14(5-7-15)28-18(19,20)21/h2-7,12-13H,8-11H2,1H3,(H,22,25)/t13-/m1/s1. The molecular formula is C18H20F3N3O4S2. The second kappa shape index (κ2) is 8.82. The zero-order valence-corrected chi connectivity index (χ0v) is 17.6. The summed E-state index contributed by atoms with van der Waals surface area (Å²) >= 11 is 1.53. The monoisotopic (exact) mass is 463 g/mol. The van der Waals surface area contributed by atoms with Gasteiger partial charge in [-0.25, -0.2) is 13.2 Å². The van der Waals surface area contributed by atoms with Crippen molar-refractivity contribution in [3.63, 3.8) is 0 Å². The van der Waals surface area contributed by atoms with E-state index in [2.05, 4.69) is 10.1 Å². The van der Waals surface area contributed by atoms with Gasteiger partial charge in [0.15, 0.2) is 0 Å². The van der Waals surface area contributed by atoms with Crippen LogP contribution in [0.5, 0.6) is 5.75 Å². The minimum Gasteiger partial charge on any atom is -0.406 e. The summed E-state index contributed by atoms with van der Waals surface area (Å²) in [6.45, 7) is 2.46. The highest BCUT2D eigenvalue weighted by molar-refractivity contribution is 7.89. The van der Waals surface area contributed by atoms with Crippen LogP contribution in [0.1, 0.15) is 17.8 Å². The van der Waals surface area contributed by atoms with Gasteiger partial charge >= 0.3 is 12.4 Å². The van der Waals surface area contributed by atoms with Crippen LogP contribution in [0.15, 0.2) is 46.7 Å². The zero-order chi connectivity index (χ0) is 21.9. The molecule has 0 saturated carbocycles. The van der Waals surface area contributed by atoms with Crippen LogP contribution in [0, 0.1) is 0 Å². The molecule has 1 aliphatic rings. The number of hydrogen-bond donors (Lipinski definition) is 1. The fourth-order valence-corrected chi connectivity index (χ4v) is 5.14. The van der Waals surface area contributed by atoms with Crippen molar-refractivity contribution in [2.75, 3.05) is 26.2 Å². The smallest absolute Gasteiger partial charge is 0.406 e. The summed E-state index contributed by atoms with van der Waals surface area (Å²) in [5.74, 6) is -0.497. The number of carbonyl (C=O) groups is 1. The predicted molar refractivity (Wildman–Crippen MR) is 105 cm³/mol. The van der Waals surface area contributed by atoms with Crippen LogP contribution in [-0.2, 0) is 10.0 Å². The maximum Gasteiger partial charge on any atom is 0.573 e. The molecular weight excluding hydrogens is 443 g/mol. The van der Waals surface area contributed by atoms with Crippen molar-refractivity contribution in [2.24, 2.45) is 0 Å². The lowest BCUT2D eigenvalue weighted by molar-refractivity contribution is -0.274. The largest absolute Gasteiger partial charge is 0.573 e. The van der Waals surface area contributed by atoms with Crippen molar-refractivity contribution in [3.05, 3.63) is 46.7 Å². The Morgan fingerprint density at radius 3 is 2.30 bits per heavy atom. The van der Waals surface area contributed by atoms with Crippen LogP contribution in [0.3, 0.4) is 0 Å². The molecule has 2 amide bonds. The molecule has 1 aromatic carbocycles. The molecule has 0 aliphatic carbocycles. The van der Waals surface area contributed by atoms with Gasteiger partial charge in [0.2, 0.25) is 10.0 Å². The Balaban J connectivity index is 1.57. The van der Waals surface area contributed by atoms with Gasteiger partial charge < -0.3 is 15.0 Å². The quantitative estimate of drug-likeness (QED) is 0.737. The van der Waals surface area contributed by atoms with E-state index < -0.39 is 22.1 Å². The fraction of sp³-hybridized carbons (Fsp3) is 0.389. The number of nitrogens with one attached hydrogen (secondary N) is 1. The number of carbonyl (C=O) groups excluding carboxylic acids is 1. The molecule has 7 nitrogen and oxygen atoms in total. The van der Waals surface area contributed by atoms with Crippen LogP contribution >= 0.6 is 11.3 Å². The van der Waals surface area contributed by atoms with E-state index in [1.165, 1.54) is 20.5 Å². The van der Waals surface area contributed by atoms with Crippen LogP contribution in [-0.4, -0.2) is 56.2 Å². The fourth-order valence-electron chi connectivity index (χ4n) is 2.98. The number of ether oxygens (including phenoxy) is 1. The Hall–Kier alpha value is -2.31. The summed E-state index contributed by atoms with van der Waals surface area (Å²) in [5.41, 5.74) is 0. The summed E-state index contributed by atoms with van der Waals surface area (Å²) in [5, 5.41) is 4.81. The van der Waals surface area contributed by atoms with E-state index in [4.69, 9.17) is 0 Å². The number of sulfonamides is 1. The molecule has 30 heavy (non-hydrogen) atoms. The normalized spacial score (nSPS) is 16.9. The third-order valence-corrected chi connectivity index (χ3v) is 7.50.